The fraction of sp³-hybridized carbons (Fsp3) is 0. The van der Waals surface area contributed by atoms with Crippen molar-refractivity contribution < 1.29 is 0 Å². The molecular formula is C15H11ClN2S2. The molecule has 0 aliphatic carbocycles. The summed E-state index contributed by atoms with van der Waals surface area (Å²) in [5, 5.41) is 0.721. The number of rotatable bonds is 2. The summed E-state index contributed by atoms with van der Waals surface area (Å²) >= 11 is 11.9. The lowest BCUT2D eigenvalue weighted by Gasteiger charge is -2.03. The fourth-order valence-corrected chi connectivity index (χ4v) is 3.28. The van der Waals surface area contributed by atoms with E-state index in [0.717, 1.165) is 36.7 Å². The van der Waals surface area contributed by atoms with Crippen LogP contribution < -0.4 is 5.73 Å². The second-order valence-electron chi connectivity index (χ2n) is 4.30. The van der Waals surface area contributed by atoms with Gasteiger partial charge in [0.15, 0.2) is 0 Å². The van der Waals surface area contributed by atoms with Gasteiger partial charge < -0.3 is 5.73 Å². The maximum absolute atomic E-state index is 5.94. The monoisotopic (exact) mass is 318 g/mol. The molecule has 0 aliphatic heterocycles. The number of hydrogen-bond donors (Lipinski definition) is 2. The number of thiol groups is 1. The summed E-state index contributed by atoms with van der Waals surface area (Å²) in [5.41, 5.74) is 9.50. The number of nitrogens with two attached hydrogens (primary N) is 1. The smallest absolute Gasteiger partial charge is 0.148 e. The number of aromatic nitrogens is 1. The SMILES string of the molecule is Nc1ccc(-c2nc(S)sc2-c2ccc(Cl)cc2)cc1. The lowest BCUT2D eigenvalue weighted by atomic mass is 10.1. The summed E-state index contributed by atoms with van der Waals surface area (Å²) < 4.78 is 0.738. The first-order valence-electron chi connectivity index (χ1n) is 5.95. The van der Waals surface area contributed by atoms with Gasteiger partial charge in [-0.3, -0.25) is 0 Å². The van der Waals surface area contributed by atoms with Crippen molar-refractivity contribution in [1.82, 2.24) is 4.98 Å². The van der Waals surface area contributed by atoms with Gasteiger partial charge in [0.05, 0.1) is 10.6 Å². The van der Waals surface area contributed by atoms with E-state index in [1.165, 1.54) is 0 Å². The summed E-state index contributed by atoms with van der Waals surface area (Å²) in [5.74, 6) is 0. The molecule has 2 nitrogen and oxygen atoms in total. The number of thiazole rings is 1. The van der Waals surface area contributed by atoms with Crippen LogP contribution in [0.4, 0.5) is 5.69 Å². The maximum atomic E-state index is 5.94. The zero-order chi connectivity index (χ0) is 14.1. The number of anilines is 1. The summed E-state index contributed by atoms with van der Waals surface area (Å²) in [6.45, 7) is 0. The molecule has 0 saturated heterocycles. The molecule has 3 aromatic rings. The van der Waals surface area contributed by atoms with Gasteiger partial charge in [-0.25, -0.2) is 4.98 Å². The summed E-state index contributed by atoms with van der Waals surface area (Å²) in [4.78, 5) is 5.60. The Kier molecular flexibility index (Phi) is 3.70. The van der Waals surface area contributed by atoms with E-state index in [9.17, 15) is 0 Å². The Hall–Kier alpha value is -1.49. The lowest BCUT2D eigenvalue weighted by molar-refractivity contribution is 1.26. The second-order valence-corrected chi connectivity index (χ2v) is 6.46. The van der Waals surface area contributed by atoms with Gasteiger partial charge in [0.25, 0.3) is 0 Å². The molecule has 0 bridgehead atoms. The molecule has 3 rings (SSSR count). The van der Waals surface area contributed by atoms with Crippen LogP contribution in [0.25, 0.3) is 21.7 Å². The third-order valence-corrected chi connectivity index (χ3v) is 4.44. The predicted molar refractivity (Wildman–Crippen MR) is 89.7 cm³/mol. The number of nitrogens with zero attached hydrogens (tertiary/aromatic N) is 1. The number of benzene rings is 2. The minimum atomic E-state index is 0.721. The first kappa shape index (κ1) is 13.5. The van der Waals surface area contributed by atoms with Crippen LogP contribution in [0, 0.1) is 0 Å². The Morgan fingerprint density at radius 1 is 0.950 bits per heavy atom. The Bertz CT molecular complexity index is 671. The van der Waals surface area contributed by atoms with Crippen molar-refractivity contribution in [2.45, 2.75) is 4.34 Å². The molecule has 0 unspecified atom stereocenters. The van der Waals surface area contributed by atoms with Gasteiger partial charge in [-0.2, -0.15) is 0 Å². The molecular weight excluding hydrogens is 308 g/mol. The average molecular weight is 319 g/mol. The van der Waals surface area contributed by atoms with E-state index in [1.807, 2.05) is 48.5 Å². The van der Waals surface area contributed by atoms with Crippen molar-refractivity contribution in [2.75, 3.05) is 5.73 Å². The third-order valence-electron chi connectivity index (χ3n) is 2.91. The molecule has 2 aromatic carbocycles. The zero-order valence-electron chi connectivity index (χ0n) is 10.4. The van der Waals surface area contributed by atoms with Crippen LogP contribution in [0.2, 0.25) is 5.02 Å². The molecule has 0 saturated carbocycles. The average Bonchev–Trinajstić information content (AvgIpc) is 2.82. The maximum Gasteiger partial charge on any atom is 0.148 e. The van der Waals surface area contributed by atoms with Crippen LogP contribution in [0.3, 0.4) is 0 Å². The van der Waals surface area contributed by atoms with Gasteiger partial charge >= 0.3 is 0 Å². The highest BCUT2D eigenvalue weighted by Gasteiger charge is 2.13. The highest BCUT2D eigenvalue weighted by Crippen LogP contribution is 2.38. The van der Waals surface area contributed by atoms with E-state index in [0.29, 0.717) is 0 Å². The van der Waals surface area contributed by atoms with E-state index in [-0.39, 0.29) is 0 Å². The Balaban J connectivity index is 2.12. The first-order chi connectivity index (χ1) is 9.63. The summed E-state index contributed by atoms with van der Waals surface area (Å²) in [7, 11) is 0. The number of hydrogen-bond acceptors (Lipinski definition) is 4. The van der Waals surface area contributed by atoms with E-state index < -0.39 is 0 Å². The van der Waals surface area contributed by atoms with Crippen LogP contribution >= 0.6 is 35.6 Å². The molecule has 0 aliphatic rings. The Morgan fingerprint density at radius 2 is 1.55 bits per heavy atom. The molecule has 20 heavy (non-hydrogen) atoms. The van der Waals surface area contributed by atoms with Crippen LogP contribution in [0.1, 0.15) is 0 Å². The standard InChI is InChI=1S/C15H11ClN2S2/c16-11-5-1-10(2-6-11)14-13(18-15(19)20-14)9-3-7-12(17)8-4-9/h1-8H,17H2,(H,18,19). The molecule has 0 radical (unpaired) electrons. The molecule has 0 fully saturated rings. The highest BCUT2D eigenvalue weighted by atomic mass is 35.5. The van der Waals surface area contributed by atoms with Crippen LogP contribution in [0.5, 0.6) is 0 Å². The quantitative estimate of drug-likeness (QED) is 0.515. The first-order valence-corrected chi connectivity index (χ1v) is 7.59. The number of halogens is 1. The Labute approximate surface area is 131 Å². The molecule has 2 N–H and O–H groups in total. The van der Waals surface area contributed by atoms with E-state index in [1.54, 1.807) is 11.3 Å². The topological polar surface area (TPSA) is 38.9 Å². The summed E-state index contributed by atoms with van der Waals surface area (Å²) in [6.07, 6.45) is 0. The molecule has 5 heteroatoms. The van der Waals surface area contributed by atoms with Gasteiger partial charge in [-0.05, 0) is 29.8 Å². The van der Waals surface area contributed by atoms with E-state index in [4.69, 9.17) is 17.3 Å². The minimum Gasteiger partial charge on any atom is -0.399 e. The lowest BCUT2D eigenvalue weighted by Crippen LogP contribution is -1.85. The molecule has 0 spiro atoms. The molecule has 0 amide bonds. The molecule has 1 heterocycles. The van der Waals surface area contributed by atoms with Crippen molar-refractivity contribution in [3.8, 4) is 21.7 Å². The van der Waals surface area contributed by atoms with Gasteiger partial charge in [0, 0.05) is 16.3 Å². The van der Waals surface area contributed by atoms with Crippen LogP contribution in [-0.2, 0) is 0 Å². The van der Waals surface area contributed by atoms with Gasteiger partial charge in [-0.15, -0.1) is 24.0 Å². The third kappa shape index (κ3) is 2.68. The van der Waals surface area contributed by atoms with Gasteiger partial charge in [0.1, 0.15) is 4.34 Å². The largest absolute Gasteiger partial charge is 0.399 e. The van der Waals surface area contributed by atoms with E-state index in [2.05, 4.69) is 17.6 Å². The van der Waals surface area contributed by atoms with Gasteiger partial charge in [0.2, 0.25) is 0 Å². The zero-order valence-corrected chi connectivity index (χ0v) is 12.8. The fourth-order valence-electron chi connectivity index (χ4n) is 1.94. The molecule has 0 atom stereocenters. The van der Waals surface area contributed by atoms with Crippen molar-refractivity contribution >= 4 is 41.3 Å². The van der Waals surface area contributed by atoms with Crippen molar-refractivity contribution in [3.63, 3.8) is 0 Å². The highest BCUT2D eigenvalue weighted by molar-refractivity contribution is 7.82. The second kappa shape index (κ2) is 5.48. The normalized spacial score (nSPS) is 10.7. The van der Waals surface area contributed by atoms with Crippen LogP contribution in [0.15, 0.2) is 52.9 Å². The van der Waals surface area contributed by atoms with Crippen molar-refractivity contribution in [2.24, 2.45) is 0 Å². The minimum absolute atomic E-state index is 0.721. The summed E-state index contributed by atoms with van der Waals surface area (Å²) in [6, 6.07) is 15.4. The van der Waals surface area contributed by atoms with Gasteiger partial charge in [-0.1, -0.05) is 35.9 Å². The molecule has 1 aromatic heterocycles. The van der Waals surface area contributed by atoms with E-state index >= 15 is 0 Å². The van der Waals surface area contributed by atoms with Crippen molar-refractivity contribution in [3.05, 3.63) is 53.6 Å². The van der Waals surface area contributed by atoms with Crippen LogP contribution in [-0.4, -0.2) is 4.98 Å². The predicted octanol–water partition coefficient (Wildman–Crippen LogP) is 5.00. The molecule has 100 valence electrons. The van der Waals surface area contributed by atoms with Crippen molar-refractivity contribution in [1.29, 1.82) is 0 Å². The Morgan fingerprint density at radius 3 is 2.20 bits per heavy atom. The number of nitrogen functional groups attached to an aromatic ring is 1.